The first kappa shape index (κ1) is 12.4. The second kappa shape index (κ2) is 4.00. The van der Waals surface area contributed by atoms with Crippen molar-refractivity contribution in [3.05, 3.63) is 0 Å². The Hall–Kier alpha value is -1.06. The molecule has 0 aromatic heterocycles. The lowest BCUT2D eigenvalue weighted by Gasteiger charge is -2.36. The predicted octanol–water partition coefficient (Wildman–Crippen LogP) is 2.52. The summed E-state index contributed by atoms with van der Waals surface area (Å²) in [5.41, 5.74) is -0.101. The maximum atomic E-state index is 11.9. The number of rotatable bonds is 0. The van der Waals surface area contributed by atoms with Crippen LogP contribution in [0.1, 0.15) is 46.5 Å². The number of likely N-dealkylation sites (tertiary alicyclic amines) is 1. The molecular formula is C13H21NO3. The zero-order valence-electron chi connectivity index (χ0n) is 10.8. The van der Waals surface area contributed by atoms with E-state index < -0.39 is 6.09 Å². The molecule has 17 heavy (non-hydrogen) atoms. The molecule has 3 atom stereocenters. The summed E-state index contributed by atoms with van der Waals surface area (Å²) in [4.78, 5) is 24.9. The number of Topliss-reactive ketones (excluding diaryl/α,β-unsaturated/α-hetero) is 1. The molecule has 3 unspecified atom stereocenters. The maximum Gasteiger partial charge on any atom is 0.407 e. The van der Waals surface area contributed by atoms with E-state index in [0.29, 0.717) is 12.8 Å². The highest BCUT2D eigenvalue weighted by Crippen LogP contribution is 2.43. The molecule has 0 spiro atoms. The molecule has 2 rings (SSSR count). The van der Waals surface area contributed by atoms with Crippen LogP contribution in [0.15, 0.2) is 0 Å². The van der Waals surface area contributed by atoms with E-state index in [-0.39, 0.29) is 29.2 Å². The van der Waals surface area contributed by atoms with Gasteiger partial charge in [-0.15, -0.1) is 0 Å². The number of nitrogens with zero attached hydrogens (tertiary/aromatic N) is 1. The van der Waals surface area contributed by atoms with Crippen molar-refractivity contribution < 1.29 is 14.7 Å². The fourth-order valence-electron chi connectivity index (χ4n) is 3.34. The molecule has 0 radical (unpaired) electrons. The van der Waals surface area contributed by atoms with Crippen molar-refractivity contribution in [1.82, 2.24) is 4.90 Å². The van der Waals surface area contributed by atoms with Gasteiger partial charge in [-0.1, -0.05) is 20.8 Å². The quantitative estimate of drug-likeness (QED) is 0.706. The molecule has 1 saturated heterocycles. The normalized spacial score (nSPS) is 33.7. The van der Waals surface area contributed by atoms with Gasteiger partial charge in [0.05, 0.1) is 0 Å². The zero-order chi connectivity index (χ0) is 12.8. The van der Waals surface area contributed by atoms with Crippen molar-refractivity contribution in [2.45, 2.75) is 58.5 Å². The number of fused-ring (bicyclic) bond motifs is 1. The molecule has 1 saturated carbocycles. The topological polar surface area (TPSA) is 57.6 Å². The molecule has 0 aromatic carbocycles. The van der Waals surface area contributed by atoms with Crippen LogP contribution in [0.25, 0.3) is 0 Å². The van der Waals surface area contributed by atoms with Gasteiger partial charge in [0.1, 0.15) is 5.78 Å². The van der Waals surface area contributed by atoms with Crippen molar-refractivity contribution in [3.8, 4) is 0 Å². The van der Waals surface area contributed by atoms with Gasteiger partial charge in [0, 0.05) is 24.4 Å². The van der Waals surface area contributed by atoms with Crippen molar-refractivity contribution >= 4 is 11.9 Å². The van der Waals surface area contributed by atoms with Crippen LogP contribution >= 0.6 is 0 Å². The van der Waals surface area contributed by atoms with Gasteiger partial charge in [-0.3, -0.25) is 4.79 Å². The Morgan fingerprint density at radius 1 is 1.41 bits per heavy atom. The first-order chi connectivity index (χ1) is 7.82. The molecule has 2 fully saturated rings. The van der Waals surface area contributed by atoms with E-state index in [0.717, 1.165) is 12.8 Å². The Bertz CT molecular complexity index is 345. The van der Waals surface area contributed by atoms with Gasteiger partial charge < -0.3 is 10.0 Å². The molecular weight excluding hydrogens is 218 g/mol. The maximum absolute atomic E-state index is 11.9. The molecule has 4 nitrogen and oxygen atoms in total. The number of amides is 1. The molecule has 1 heterocycles. The van der Waals surface area contributed by atoms with E-state index in [9.17, 15) is 14.7 Å². The first-order valence-electron chi connectivity index (χ1n) is 6.36. The third-order valence-electron chi connectivity index (χ3n) is 4.19. The average molecular weight is 239 g/mol. The Kier molecular flexibility index (Phi) is 2.92. The summed E-state index contributed by atoms with van der Waals surface area (Å²) in [5, 5.41) is 9.39. The Labute approximate surface area is 102 Å². The molecule has 0 aromatic rings. The Morgan fingerprint density at radius 2 is 2.06 bits per heavy atom. The van der Waals surface area contributed by atoms with Crippen molar-refractivity contribution in [2.24, 2.45) is 11.3 Å². The minimum absolute atomic E-state index is 0.0305. The minimum atomic E-state index is -0.868. The van der Waals surface area contributed by atoms with E-state index in [1.807, 2.05) is 0 Å². The van der Waals surface area contributed by atoms with Crippen LogP contribution in [0.3, 0.4) is 0 Å². The number of hydrogen-bond acceptors (Lipinski definition) is 2. The molecule has 1 aliphatic carbocycles. The van der Waals surface area contributed by atoms with Gasteiger partial charge in [0.15, 0.2) is 0 Å². The van der Waals surface area contributed by atoms with Crippen molar-refractivity contribution in [3.63, 3.8) is 0 Å². The van der Waals surface area contributed by atoms with Gasteiger partial charge >= 0.3 is 6.09 Å². The Morgan fingerprint density at radius 3 is 2.59 bits per heavy atom. The molecule has 1 N–H and O–H groups in total. The number of carbonyl (C=O) groups is 2. The third kappa shape index (κ3) is 2.05. The van der Waals surface area contributed by atoms with Gasteiger partial charge in [0.25, 0.3) is 0 Å². The summed E-state index contributed by atoms with van der Waals surface area (Å²) >= 11 is 0. The van der Waals surface area contributed by atoms with Crippen molar-refractivity contribution in [2.75, 3.05) is 0 Å². The van der Waals surface area contributed by atoms with Crippen LogP contribution in [-0.4, -0.2) is 34.0 Å². The molecule has 1 aliphatic heterocycles. The first-order valence-corrected chi connectivity index (χ1v) is 6.36. The van der Waals surface area contributed by atoms with Crippen LogP contribution in [0.5, 0.6) is 0 Å². The predicted molar refractivity (Wildman–Crippen MR) is 63.9 cm³/mol. The van der Waals surface area contributed by atoms with Gasteiger partial charge in [-0.25, -0.2) is 4.79 Å². The monoisotopic (exact) mass is 239 g/mol. The van der Waals surface area contributed by atoms with Crippen LogP contribution in [-0.2, 0) is 4.79 Å². The fourth-order valence-corrected chi connectivity index (χ4v) is 3.34. The van der Waals surface area contributed by atoms with E-state index in [2.05, 4.69) is 20.8 Å². The smallest absolute Gasteiger partial charge is 0.407 e. The van der Waals surface area contributed by atoms with Gasteiger partial charge in [-0.05, 0) is 24.7 Å². The van der Waals surface area contributed by atoms with Crippen LogP contribution in [0.4, 0.5) is 4.79 Å². The van der Waals surface area contributed by atoms with E-state index in [1.54, 1.807) is 4.90 Å². The van der Waals surface area contributed by atoms with Crippen molar-refractivity contribution in [1.29, 1.82) is 0 Å². The highest BCUT2D eigenvalue weighted by atomic mass is 16.4. The molecule has 2 aliphatic rings. The molecule has 96 valence electrons. The largest absolute Gasteiger partial charge is 0.465 e. The standard InChI is InChI=1S/C13H21NO3/c1-13(2,3)11-7-8-9(14(11)12(16)17)5-4-6-10(8)15/h8-9,11H,4-7H2,1-3H3,(H,16,17). The van der Waals surface area contributed by atoms with E-state index in [4.69, 9.17) is 0 Å². The van der Waals surface area contributed by atoms with Crippen LogP contribution in [0, 0.1) is 11.3 Å². The molecule has 0 bridgehead atoms. The number of carboxylic acid groups (broad SMARTS) is 1. The number of ketones is 1. The summed E-state index contributed by atoms with van der Waals surface area (Å²) in [7, 11) is 0. The third-order valence-corrected chi connectivity index (χ3v) is 4.19. The molecule has 4 heteroatoms. The second-order valence-corrected chi connectivity index (χ2v) is 6.34. The fraction of sp³-hybridized carbons (Fsp3) is 0.846. The van der Waals surface area contributed by atoms with Gasteiger partial charge in [-0.2, -0.15) is 0 Å². The molecule has 1 amide bonds. The van der Waals surface area contributed by atoms with E-state index in [1.165, 1.54) is 0 Å². The van der Waals surface area contributed by atoms with Crippen LogP contribution < -0.4 is 0 Å². The SMILES string of the molecule is CC(C)(C)C1CC2C(=O)CCCC2N1C(=O)O. The summed E-state index contributed by atoms with van der Waals surface area (Å²) in [6.45, 7) is 6.15. The summed E-state index contributed by atoms with van der Waals surface area (Å²) in [6.07, 6.45) is 2.15. The lowest BCUT2D eigenvalue weighted by Crippen LogP contribution is -2.47. The van der Waals surface area contributed by atoms with Crippen LogP contribution in [0.2, 0.25) is 0 Å². The highest BCUT2D eigenvalue weighted by Gasteiger charge is 2.51. The summed E-state index contributed by atoms with van der Waals surface area (Å²) in [6, 6.07) is -0.102. The zero-order valence-corrected chi connectivity index (χ0v) is 10.8. The summed E-state index contributed by atoms with van der Waals surface area (Å²) < 4.78 is 0. The van der Waals surface area contributed by atoms with Gasteiger partial charge in [0.2, 0.25) is 0 Å². The minimum Gasteiger partial charge on any atom is -0.465 e. The average Bonchev–Trinajstić information content (AvgIpc) is 2.57. The second-order valence-electron chi connectivity index (χ2n) is 6.34. The lowest BCUT2D eigenvalue weighted by atomic mass is 9.80. The Balaban J connectivity index is 2.31. The number of hydrogen-bond donors (Lipinski definition) is 1. The lowest BCUT2D eigenvalue weighted by molar-refractivity contribution is -0.125. The summed E-state index contributed by atoms with van der Waals surface area (Å²) in [5.74, 6) is 0.211. The van der Waals surface area contributed by atoms with E-state index >= 15 is 0 Å². The highest BCUT2D eigenvalue weighted by molar-refractivity contribution is 5.84. The number of carbonyl (C=O) groups excluding carboxylic acids is 1.